The van der Waals surface area contributed by atoms with Crippen molar-refractivity contribution in [1.82, 2.24) is 5.32 Å². The molecule has 0 aliphatic carbocycles. The lowest BCUT2D eigenvalue weighted by Gasteiger charge is -2.19. The number of hydrogen-bond acceptors (Lipinski definition) is 5. The molecule has 0 aromatic heterocycles. The summed E-state index contributed by atoms with van der Waals surface area (Å²) in [6.07, 6.45) is 2.17. The lowest BCUT2D eigenvalue weighted by atomic mass is 10.1. The largest absolute Gasteiger partial charge is 0.481 e. The van der Waals surface area contributed by atoms with Gasteiger partial charge in [-0.25, -0.2) is 0 Å². The highest BCUT2D eigenvalue weighted by atomic mass is 16.5. The molecule has 1 amide bonds. The second-order valence-corrected chi connectivity index (χ2v) is 4.60. The number of carboxylic acids is 1. The fraction of sp³-hybridized carbons (Fsp3) is 0.769. The van der Waals surface area contributed by atoms with Crippen LogP contribution < -0.4 is 11.1 Å². The Bertz CT molecular complexity index is 333. The topological polar surface area (TPSA) is 119 Å². The van der Waals surface area contributed by atoms with Gasteiger partial charge in [0.1, 0.15) is 6.61 Å². The van der Waals surface area contributed by atoms with Crippen LogP contribution in [0.4, 0.5) is 0 Å². The molecule has 0 bridgehead atoms. The van der Waals surface area contributed by atoms with Crippen molar-refractivity contribution in [2.75, 3.05) is 6.61 Å². The van der Waals surface area contributed by atoms with Crippen LogP contribution in [0.15, 0.2) is 0 Å². The van der Waals surface area contributed by atoms with Crippen molar-refractivity contribution >= 4 is 17.8 Å². The molecule has 0 unspecified atom stereocenters. The van der Waals surface area contributed by atoms with E-state index in [0.717, 1.165) is 12.8 Å². The molecule has 0 heterocycles. The van der Waals surface area contributed by atoms with Crippen LogP contribution >= 0.6 is 0 Å². The summed E-state index contributed by atoms with van der Waals surface area (Å²) in [5, 5.41) is 11.1. The normalized spacial score (nSPS) is 13.3. The quantitative estimate of drug-likeness (QED) is 0.501. The first-order chi connectivity index (χ1) is 9.40. The van der Waals surface area contributed by atoms with Crippen molar-refractivity contribution in [3.63, 3.8) is 0 Å². The third kappa shape index (κ3) is 8.47. The Hall–Kier alpha value is -1.63. The molecule has 7 heteroatoms. The van der Waals surface area contributed by atoms with Crippen LogP contribution in [0.2, 0.25) is 0 Å². The maximum Gasteiger partial charge on any atom is 0.305 e. The molecule has 0 aliphatic rings. The predicted octanol–water partition coefficient (Wildman–Crippen LogP) is 0.417. The molecule has 0 aromatic rings. The Balaban J connectivity index is 4.11. The second kappa shape index (κ2) is 10.2. The van der Waals surface area contributed by atoms with Gasteiger partial charge in [-0.1, -0.05) is 20.3 Å². The molecular formula is C13H24N2O5. The number of hydrogen-bond donors (Lipinski definition) is 3. The number of amides is 1. The minimum Gasteiger partial charge on any atom is -0.481 e. The lowest BCUT2D eigenvalue weighted by Crippen LogP contribution is -2.47. The van der Waals surface area contributed by atoms with Gasteiger partial charge < -0.3 is 20.9 Å². The zero-order valence-corrected chi connectivity index (χ0v) is 12.1. The zero-order valence-electron chi connectivity index (χ0n) is 12.1. The van der Waals surface area contributed by atoms with E-state index in [4.69, 9.17) is 15.6 Å². The SMILES string of the molecule is CCCCC(=O)OC[C@H](CC)NC(=O)[C@H](N)CC(=O)O. The fourth-order valence-electron chi connectivity index (χ4n) is 1.44. The maximum atomic E-state index is 11.6. The van der Waals surface area contributed by atoms with Crippen LogP contribution in [-0.2, 0) is 19.1 Å². The molecule has 2 atom stereocenters. The second-order valence-electron chi connectivity index (χ2n) is 4.60. The highest BCUT2D eigenvalue weighted by molar-refractivity contribution is 5.86. The van der Waals surface area contributed by atoms with Gasteiger partial charge in [0.05, 0.1) is 18.5 Å². The van der Waals surface area contributed by atoms with Gasteiger partial charge in [-0.2, -0.15) is 0 Å². The molecule has 4 N–H and O–H groups in total. The summed E-state index contributed by atoms with van der Waals surface area (Å²) in [7, 11) is 0. The molecule has 0 saturated carbocycles. The van der Waals surface area contributed by atoms with E-state index in [0.29, 0.717) is 12.8 Å². The first-order valence-electron chi connectivity index (χ1n) is 6.84. The van der Waals surface area contributed by atoms with Crippen LogP contribution in [-0.4, -0.2) is 41.6 Å². The van der Waals surface area contributed by atoms with Crippen molar-refractivity contribution in [3.8, 4) is 0 Å². The van der Waals surface area contributed by atoms with Crippen LogP contribution in [0.1, 0.15) is 46.0 Å². The summed E-state index contributed by atoms with van der Waals surface area (Å²) in [5.74, 6) is -1.98. The van der Waals surface area contributed by atoms with Gasteiger partial charge in [0, 0.05) is 6.42 Å². The van der Waals surface area contributed by atoms with Crippen molar-refractivity contribution in [1.29, 1.82) is 0 Å². The summed E-state index contributed by atoms with van der Waals surface area (Å²) in [6.45, 7) is 3.88. The monoisotopic (exact) mass is 288 g/mol. The van der Waals surface area contributed by atoms with E-state index in [1.807, 2.05) is 13.8 Å². The molecule has 0 aromatic carbocycles. The van der Waals surface area contributed by atoms with Crippen molar-refractivity contribution in [2.24, 2.45) is 5.73 Å². The van der Waals surface area contributed by atoms with Gasteiger partial charge in [0.25, 0.3) is 0 Å². The average Bonchev–Trinajstić information content (AvgIpc) is 2.39. The lowest BCUT2D eigenvalue weighted by molar-refractivity contribution is -0.145. The van der Waals surface area contributed by atoms with Gasteiger partial charge in [-0.3, -0.25) is 14.4 Å². The highest BCUT2D eigenvalue weighted by Crippen LogP contribution is 2.00. The van der Waals surface area contributed by atoms with Gasteiger partial charge >= 0.3 is 11.9 Å². The van der Waals surface area contributed by atoms with Gasteiger partial charge in [0.15, 0.2) is 0 Å². The van der Waals surface area contributed by atoms with E-state index >= 15 is 0 Å². The standard InChI is InChI=1S/C13H24N2O5/c1-3-5-6-12(18)20-8-9(4-2)15-13(19)10(14)7-11(16)17/h9-10H,3-8,14H2,1-2H3,(H,15,19)(H,16,17)/t9-,10+/m0/s1. The Labute approximate surface area is 118 Å². The molecule has 20 heavy (non-hydrogen) atoms. The molecule has 0 aliphatic heterocycles. The average molecular weight is 288 g/mol. The summed E-state index contributed by atoms with van der Waals surface area (Å²) >= 11 is 0. The Morgan fingerprint density at radius 2 is 1.95 bits per heavy atom. The van der Waals surface area contributed by atoms with Crippen molar-refractivity contribution in [3.05, 3.63) is 0 Å². The third-order valence-electron chi connectivity index (χ3n) is 2.75. The number of carbonyl (C=O) groups is 3. The molecular weight excluding hydrogens is 264 g/mol. The number of carboxylic acid groups (broad SMARTS) is 1. The Kier molecular flexibility index (Phi) is 9.36. The smallest absolute Gasteiger partial charge is 0.305 e. The maximum absolute atomic E-state index is 11.6. The number of nitrogens with one attached hydrogen (secondary N) is 1. The van der Waals surface area contributed by atoms with Crippen molar-refractivity contribution < 1.29 is 24.2 Å². The number of nitrogens with two attached hydrogens (primary N) is 1. The molecule has 7 nitrogen and oxygen atoms in total. The van der Waals surface area contributed by atoms with Crippen LogP contribution in [0, 0.1) is 0 Å². The zero-order chi connectivity index (χ0) is 15.5. The molecule has 0 fully saturated rings. The minimum absolute atomic E-state index is 0.0740. The first-order valence-corrected chi connectivity index (χ1v) is 6.84. The number of ether oxygens (including phenoxy) is 1. The van der Waals surface area contributed by atoms with E-state index in [9.17, 15) is 14.4 Å². The van der Waals surface area contributed by atoms with E-state index in [2.05, 4.69) is 5.32 Å². The van der Waals surface area contributed by atoms with Gasteiger partial charge in [-0.15, -0.1) is 0 Å². The molecule has 0 saturated heterocycles. The van der Waals surface area contributed by atoms with Crippen LogP contribution in [0.25, 0.3) is 0 Å². The Morgan fingerprint density at radius 1 is 1.30 bits per heavy atom. The molecule has 0 rings (SSSR count). The number of unbranched alkanes of at least 4 members (excludes halogenated alkanes) is 1. The number of aliphatic carboxylic acids is 1. The van der Waals surface area contributed by atoms with E-state index < -0.39 is 24.3 Å². The van der Waals surface area contributed by atoms with Gasteiger partial charge in [0.2, 0.25) is 5.91 Å². The van der Waals surface area contributed by atoms with Crippen LogP contribution in [0.5, 0.6) is 0 Å². The number of carbonyl (C=O) groups excluding carboxylic acids is 2. The van der Waals surface area contributed by atoms with Gasteiger partial charge in [-0.05, 0) is 12.8 Å². The summed E-state index contributed by atoms with van der Waals surface area (Å²) in [5.41, 5.74) is 5.44. The molecule has 0 spiro atoms. The minimum atomic E-state index is -1.13. The molecule has 0 radical (unpaired) electrons. The summed E-state index contributed by atoms with van der Waals surface area (Å²) in [6, 6.07) is -1.45. The first kappa shape index (κ1) is 18.4. The number of esters is 1. The highest BCUT2D eigenvalue weighted by Gasteiger charge is 2.20. The van der Waals surface area contributed by atoms with E-state index in [1.54, 1.807) is 0 Å². The summed E-state index contributed by atoms with van der Waals surface area (Å²) < 4.78 is 5.05. The molecule has 116 valence electrons. The Morgan fingerprint density at radius 3 is 2.45 bits per heavy atom. The van der Waals surface area contributed by atoms with E-state index in [-0.39, 0.29) is 18.6 Å². The summed E-state index contributed by atoms with van der Waals surface area (Å²) in [4.78, 5) is 33.4. The van der Waals surface area contributed by atoms with E-state index in [1.165, 1.54) is 0 Å². The third-order valence-corrected chi connectivity index (χ3v) is 2.75. The fourth-order valence-corrected chi connectivity index (χ4v) is 1.44. The number of rotatable bonds is 10. The predicted molar refractivity (Wildman–Crippen MR) is 72.9 cm³/mol. The van der Waals surface area contributed by atoms with Crippen LogP contribution in [0.3, 0.4) is 0 Å². The van der Waals surface area contributed by atoms with Crippen molar-refractivity contribution in [2.45, 2.75) is 58.0 Å².